The molecule has 0 saturated carbocycles. The number of hydrogen-bond acceptors (Lipinski definition) is 6. The fourth-order valence-electron chi connectivity index (χ4n) is 4.69. The zero-order valence-electron chi connectivity index (χ0n) is 21.4. The van der Waals surface area contributed by atoms with Gasteiger partial charge in [-0.15, -0.1) is 11.8 Å². The van der Waals surface area contributed by atoms with Gasteiger partial charge in [0.15, 0.2) is 0 Å². The van der Waals surface area contributed by atoms with Crippen molar-refractivity contribution in [3.05, 3.63) is 54.8 Å². The van der Waals surface area contributed by atoms with Gasteiger partial charge in [0.25, 0.3) is 0 Å². The third kappa shape index (κ3) is 5.90. The molecule has 0 radical (unpaired) electrons. The molecular weight excluding hydrogens is 496 g/mol. The molecule has 0 bridgehead atoms. The molecule has 196 valence electrons. The predicted molar refractivity (Wildman–Crippen MR) is 146 cm³/mol. The van der Waals surface area contributed by atoms with Crippen LogP contribution in [-0.4, -0.2) is 49.2 Å². The first-order valence-corrected chi connectivity index (χ1v) is 15.0. The van der Waals surface area contributed by atoms with Gasteiger partial charge in [-0.2, -0.15) is 4.31 Å². The smallest absolute Gasteiger partial charge is 0.331 e. The van der Waals surface area contributed by atoms with Crippen LogP contribution < -0.4 is 9.64 Å². The molecule has 0 unspecified atom stereocenters. The Hall–Kier alpha value is -2.49. The minimum atomic E-state index is -3.89. The van der Waals surface area contributed by atoms with Crippen LogP contribution in [0.15, 0.2) is 64.6 Å². The molecule has 2 aromatic rings. The molecule has 0 aliphatic carbocycles. The van der Waals surface area contributed by atoms with Gasteiger partial charge in [-0.3, -0.25) is 0 Å². The Kier molecular flexibility index (Phi) is 9.49. The minimum absolute atomic E-state index is 0.153. The number of ether oxygens (including phenoxy) is 1. The number of nitrogens with zero attached hydrogens (tertiary/aromatic N) is 2. The van der Waals surface area contributed by atoms with Gasteiger partial charge in [-0.05, 0) is 37.3 Å². The van der Waals surface area contributed by atoms with Gasteiger partial charge in [0, 0.05) is 25.3 Å². The van der Waals surface area contributed by atoms with Crippen molar-refractivity contribution >= 4 is 39.1 Å². The van der Waals surface area contributed by atoms with Gasteiger partial charge in [0.1, 0.15) is 10.6 Å². The van der Waals surface area contributed by atoms with Gasteiger partial charge in [0.2, 0.25) is 10.0 Å². The summed E-state index contributed by atoms with van der Waals surface area (Å²) in [7, 11) is -2.19. The zero-order chi connectivity index (χ0) is 26.3. The number of likely N-dealkylation sites (N-methyl/N-ethyl adjacent to an activating group) is 1. The van der Waals surface area contributed by atoms with E-state index in [4.69, 9.17) is 9.84 Å². The van der Waals surface area contributed by atoms with E-state index in [9.17, 15) is 13.2 Å². The highest BCUT2D eigenvalue weighted by molar-refractivity contribution is 7.98. The Morgan fingerprint density at radius 3 is 2.33 bits per heavy atom. The molecule has 0 spiro atoms. The highest BCUT2D eigenvalue weighted by Gasteiger charge is 2.46. The molecule has 36 heavy (non-hydrogen) atoms. The first-order valence-electron chi connectivity index (χ1n) is 12.3. The fraction of sp³-hybridized carbons (Fsp3) is 0.444. The van der Waals surface area contributed by atoms with Crippen molar-refractivity contribution in [2.45, 2.75) is 67.7 Å². The Balaban J connectivity index is 2.29. The molecule has 0 saturated heterocycles. The number of carboxylic acids is 1. The number of benzene rings is 2. The summed E-state index contributed by atoms with van der Waals surface area (Å²) >= 11 is 1.42. The molecule has 0 aromatic heterocycles. The van der Waals surface area contributed by atoms with E-state index in [0.717, 1.165) is 61.4 Å². The van der Waals surface area contributed by atoms with Gasteiger partial charge in [-0.25, -0.2) is 13.2 Å². The second kappa shape index (κ2) is 12.2. The Morgan fingerprint density at radius 2 is 1.78 bits per heavy atom. The van der Waals surface area contributed by atoms with Crippen LogP contribution in [-0.2, 0) is 14.8 Å². The van der Waals surface area contributed by atoms with E-state index in [-0.39, 0.29) is 4.90 Å². The van der Waals surface area contributed by atoms with Gasteiger partial charge in [0.05, 0.1) is 28.5 Å². The molecule has 0 atom stereocenters. The molecule has 1 aliphatic heterocycles. The number of fused-ring (bicyclic) bond motifs is 1. The highest BCUT2D eigenvalue weighted by Crippen LogP contribution is 2.47. The number of thioether (sulfide) groups is 1. The van der Waals surface area contributed by atoms with Gasteiger partial charge in [-0.1, -0.05) is 57.7 Å². The van der Waals surface area contributed by atoms with Crippen molar-refractivity contribution in [3.63, 3.8) is 0 Å². The summed E-state index contributed by atoms with van der Waals surface area (Å²) in [4.78, 5) is 13.9. The lowest BCUT2D eigenvalue weighted by Crippen LogP contribution is -2.53. The largest absolute Gasteiger partial charge is 0.478 e. The quantitative estimate of drug-likeness (QED) is 0.207. The lowest BCUT2D eigenvalue weighted by atomic mass is 9.86. The SMILES string of the molecule is CCCCC1(CCCC)CN(c2ccccc2)c2cc(SC)c(O/C=C/C(=O)O)cc2S(=O)(=O)N1C. The number of aliphatic carboxylic acids is 1. The monoisotopic (exact) mass is 532 g/mol. The number of carbonyl (C=O) groups is 1. The van der Waals surface area contributed by atoms with E-state index in [1.807, 2.05) is 42.7 Å². The van der Waals surface area contributed by atoms with E-state index in [1.54, 1.807) is 11.4 Å². The Labute approximate surface area is 219 Å². The Bertz CT molecular complexity index is 1170. The van der Waals surface area contributed by atoms with E-state index < -0.39 is 21.5 Å². The third-order valence-electron chi connectivity index (χ3n) is 6.76. The van der Waals surface area contributed by atoms with Crippen molar-refractivity contribution in [3.8, 4) is 5.75 Å². The van der Waals surface area contributed by atoms with E-state index in [0.29, 0.717) is 18.0 Å². The predicted octanol–water partition coefficient (Wildman–Crippen LogP) is 6.28. The standard InChI is InChI=1S/C27H36N2O5S2/c1-5-7-15-27(16-8-6-2)20-29(21-12-10-9-11-13-21)22-18-24(35-4)23(34-17-14-26(30)31)19-25(22)36(32,33)28(27)3/h9-14,17-19H,5-8,15-16,20H2,1-4H3,(H,30,31)/b17-14+. The number of unbranched alkanes of at least 4 members (excludes halogenated alkanes) is 2. The van der Waals surface area contributed by atoms with Crippen molar-refractivity contribution in [2.75, 3.05) is 24.7 Å². The number of carboxylic acid groups (broad SMARTS) is 1. The molecule has 0 fully saturated rings. The topological polar surface area (TPSA) is 87.1 Å². The molecule has 3 rings (SSSR count). The first kappa shape index (κ1) is 28.1. The lowest BCUT2D eigenvalue weighted by molar-refractivity contribution is -0.131. The molecule has 1 heterocycles. The number of para-hydroxylation sites is 1. The van der Waals surface area contributed by atoms with Crippen LogP contribution >= 0.6 is 11.8 Å². The second-order valence-electron chi connectivity index (χ2n) is 9.06. The Morgan fingerprint density at radius 1 is 1.14 bits per heavy atom. The van der Waals surface area contributed by atoms with Crippen LogP contribution in [0.1, 0.15) is 52.4 Å². The zero-order valence-corrected chi connectivity index (χ0v) is 23.1. The van der Waals surface area contributed by atoms with Crippen molar-refractivity contribution in [1.29, 1.82) is 0 Å². The average Bonchev–Trinajstić information content (AvgIpc) is 2.94. The number of sulfonamides is 1. The number of anilines is 2. The highest BCUT2D eigenvalue weighted by atomic mass is 32.2. The average molecular weight is 533 g/mol. The molecule has 7 nitrogen and oxygen atoms in total. The molecular formula is C27H36N2O5S2. The lowest BCUT2D eigenvalue weighted by Gasteiger charge is -2.42. The molecule has 9 heteroatoms. The van der Waals surface area contributed by atoms with Crippen molar-refractivity contribution in [2.24, 2.45) is 0 Å². The maximum absolute atomic E-state index is 14.2. The molecule has 1 aliphatic rings. The maximum Gasteiger partial charge on any atom is 0.331 e. The van der Waals surface area contributed by atoms with Gasteiger partial charge >= 0.3 is 5.97 Å². The molecule has 0 amide bonds. The van der Waals surface area contributed by atoms with Crippen LogP contribution in [0, 0.1) is 0 Å². The van der Waals surface area contributed by atoms with Crippen LogP contribution in [0.5, 0.6) is 5.75 Å². The summed E-state index contributed by atoms with van der Waals surface area (Å²) in [5.41, 5.74) is 0.943. The summed E-state index contributed by atoms with van der Waals surface area (Å²) in [6.07, 6.45) is 9.15. The molecule has 2 aromatic carbocycles. The van der Waals surface area contributed by atoms with Gasteiger partial charge < -0.3 is 14.7 Å². The maximum atomic E-state index is 14.2. The summed E-state index contributed by atoms with van der Waals surface area (Å²) in [5.74, 6) is -0.840. The molecule has 1 N–H and O–H groups in total. The summed E-state index contributed by atoms with van der Waals surface area (Å²) < 4.78 is 35.6. The van der Waals surface area contributed by atoms with Crippen LogP contribution in [0.4, 0.5) is 11.4 Å². The normalized spacial score (nSPS) is 17.1. The van der Waals surface area contributed by atoms with Crippen LogP contribution in [0.25, 0.3) is 0 Å². The number of hydrogen-bond donors (Lipinski definition) is 1. The minimum Gasteiger partial charge on any atom is -0.478 e. The van der Waals surface area contributed by atoms with Crippen LogP contribution in [0.3, 0.4) is 0 Å². The summed E-state index contributed by atoms with van der Waals surface area (Å²) in [5, 5.41) is 8.94. The van der Waals surface area contributed by atoms with E-state index in [2.05, 4.69) is 18.7 Å². The van der Waals surface area contributed by atoms with E-state index in [1.165, 1.54) is 17.8 Å². The van der Waals surface area contributed by atoms with Crippen LogP contribution in [0.2, 0.25) is 0 Å². The summed E-state index contributed by atoms with van der Waals surface area (Å²) in [6.45, 7) is 4.79. The second-order valence-corrected chi connectivity index (χ2v) is 11.8. The number of rotatable bonds is 11. The summed E-state index contributed by atoms with van der Waals surface area (Å²) in [6, 6.07) is 13.3. The van der Waals surface area contributed by atoms with E-state index >= 15 is 0 Å². The fourth-order valence-corrected chi connectivity index (χ4v) is 6.97. The van der Waals surface area contributed by atoms with Crippen molar-refractivity contribution in [1.82, 2.24) is 4.31 Å². The van der Waals surface area contributed by atoms with Crippen molar-refractivity contribution < 1.29 is 23.1 Å². The third-order valence-corrected chi connectivity index (χ3v) is 9.51. The first-order chi connectivity index (χ1) is 17.2.